The summed E-state index contributed by atoms with van der Waals surface area (Å²) in [5.41, 5.74) is 1.91. The van der Waals surface area contributed by atoms with Crippen molar-refractivity contribution in [2.75, 3.05) is 13.7 Å². The highest BCUT2D eigenvalue weighted by Gasteiger charge is 2.26. The van der Waals surface area contributed by atoms with Crippen LogP contribution in [0.5, 0.6) is 0 Å². The van der Waals surface area contributed by atoms with E-state index < -0.39 is 11.9 Å². The number of para-hydroxylation sites is 2. The maximum Gasteiger partial charge on any atom is 0.306 e. The van der Waals surface area contributed by atoms with E-state index in [9.17, 15) is 9.90 Å². The number of hydrogen-bond donors (Lipinski definition) is 1. The highest BCUT2D eigenvalue weighted by molar-refractivity contribution is 5.76. The first kappa shape index (κ1) is 14.5. The third-order valence-corrected chi connectivity index (χ3v) is 3.75. The van der Waals surface area contributed by atoms with E-state index in [2.05, 4.69) is 9.55 Å². The maximum atomic E-state index is 11.2. The lowest BCUT2D eigenvalue weighted by atomic mass is 9.95. The predicted molar refractivity (Wildman–Crippen MR) is 76.8 cm³/mol. The van der Waals surface area contributed by atoms with E-state index in [-0.39, 0.29) is 5.92 Å². The van der Waals surface area contributed by atoms with Gasteiger partial charge in [-0.15, -0.1) is 0 Å². The molecule has 0 aliphatic rings. The number of aromatic nitrogens is 2. The van der Waals surface area contributed by atoms with Gasteiger partial charge < -0.3 is 14.4 Å². The van der Waals surface area contributed by atoms with E-state index >= 15 is 0 Å². The SMILES string of the molecule is COCCn1c(C(C)C(C)C(=O)O)nc2ccccc21. The monoisotopic (exact) mass is 276 g/mol. The molecular weight excluding hydrogens is 256 g/mol. The zero-order valence-corrected chi connectivity index (χ0v) is 12.0. The van der Waals surface area contributed by atoms with Gasteiger partial charge in [0.15, 0.2) is 0 Å². The van der Waals surface area contributed by atoms with Crippen molar-refractivity contribution in [3.63, 3.8) is 0 Å². The topological polar surface area (TPSA) is 64.3 Å². The standard InChI is InChI=1S/C15H20N2O3/c1-10(11(2)15(18)19)14-16-12-6-4-5-7-13(12)17(14)8-9-20-3/h4-7,10-11H,8-9H2,1-3H3,(H,18,19). The third kappa shape index (κ3) is 2.67. The van der Waals surface area contributed by atoms with Crippen LogP contribution in [0.2, 0.25) is 0 Å². The number of nitrogens with zero attached hydrogens (tertiary/aromatic N) is 2. The number of benzene rings is 1. The lowest BCUT2D eigenvalue weighted by Crippen LogP contribution is -2.21. The van der Waals surface area contributed by atoms with Crippen molar-refractivity contribution in [2.45, 2.75) is 26.3 Å². The smallest absolute Gasteiger partial charge is 0.306 e. The molecule has 0 fully saturated rings. The molecule has 2 rings (SSSR count). The van der Waals surface area contributed by atoms with Gasteiger partial charge in [0.25, 0.3) is 0 Å². The average Bonchev–Trinajstić information content (AvgIpc) is 2.82. The van der Waals surface area contributed by atoms with Crippen molar-refractivity contribution in [2.24, 2.45) is 5.92 Å². The Morgan fingerprint density at radius 2 is 2.10 bits per heavy atom. The molecule has 0 saturated carbocycles. The average molecular weight is 276 g/mol. The molecule has 0 bridgehead atoms. The minimum atomic E-state index is -0.803. The van der Waals surface area contributed by atoms with Gasteiger partial charge in [-0.2, -0.15) is 0 Å². The molecule has 2 aromatic rings. The Balaban J connectivity index is 2.47. The molecule has 0 radical (unpaired) electrons. The van der Waals surface area contributed by atoms with Crippen LogP contribution >= 0.6 is 0 Å². The molecule has 0 aliphatic heterocycles. The van der Waals surface area contributed by atoms with Gasteiger partial charge in [-0.1, -0.05) is 26.0 Å². The van der Waals surface area contributed by atoms with Crippen molar-refractivity contribution in [1.29, 1.82) is 0 Å². The first-order valence-corrected chi connectivity index (χ1v) is 6.73. The number of carbonyl (C=O) groups is 1. The van der Waals surface area contributed by atoms with Gasteiger partial charge in [0.1, 0.15) is 5.82 Å². The molecule has 0 spiro atoms. The van der Waals surface area contributed by atoms with Crippen LogP contribution < -0.4 is 0 Å². The lowest BCUT2D eigenvalue weighted by molar-refractivity contribution is -0.141. The summed E-state index contributed by atoms with van der Waals surface area (Å²) in [5, 5.41) is 9.19. The van der Waals surface area contributed by atoms with Crippen LogP contribution in [0.4, 0.5) is 0 Å². The molecule has 1 aromatic heterocycles. The minimum absolute atomic E-state index is 0.156. The Labute approximate surface area is 118 Å². The molecule has 2 atom stereocenters. The second kappa shape index (κ2) is 6.05. The summed E-state index contributed by atoms with van der Waals surface area (Å²) in [5.74, 6) is -0.633. The molecule has 0 aliphatic carbocycles. The number of imidazole rings is 1. The normalized spacial score (nSPS) is 14.3. The Hall–Kier alpha value is -1.88. The summed E-state index contributed by atoms with van der Waals surface area (Å²) >= 11 is 0. The molecule has 0 saturated heterocycles. The van der Waals surface area contributed by atoms with Crippen LogP contribution in [-0.4, -0.2) is 34.3 Å². The molecule has 0 amide bonds. The number of fused-ring (bicyclic) bond motifs is 1. The van der Waals surface area contributed by atoms with E-state index in [4.69, 9.17) is 4.74 Å². The number of methoxy groups -OCH3 is 1. The summed E-state index contributed by atoms with van der Waals surface area (Å²) in [6.07, 6.45) is 0. The molecule has 5 heteroatoms. The van der Waals surface area contributed by atoms with Crippen LogP contribution in [0.1, 0.15) is 25.6 Å². The summed E-state index contributed by atoms with van der Waals surface area (Å²) in [6.45, 7) is 4.86. The zero-order chi connectivity index (χ0) is 14.7. The van der Waals surface area contributed by atoms with E-state index in [0.29, 0.717) is 13.2 Å². The summed E-state index contributed by atoms with van der Waals surface area (Å²) < 4.78 is 7.20. The predicted octanol–water partition coefficient (Wildman–Crippen LogP) is 2.51. The van der Waals surface area contributed by atoms with E-state index in [1.807, 2.05) is 31.2 Å². The maximum absolute atomic E-state index is 11.2. The highest BCUT2D eigenvalue weighted by atomic mass is 16.5. The molecule has 5 nitrogen and oxygen atoms in total. The number of hydrogen-bond acceptors (Lipinski definition) is 3. The summed E-state index contributed by atoms with van der Waals surface area (Å²) in [7, 11) is 1.65. The van der Waals surface area contributed by atoms with Crippen LogP contribution in [0.3, 0.4) is 0 Å². The zero-order valence-electron chi connectivity index (χ0n) is 12.0. The van der Waals surface area contributed by atoms with Crippen LogP contribution in [0, 0.1) is 5.92 Å². The van der Waals surface area contributed by atoms with Crippen molar-refractivity contribution < 1.29 is 14.6 Å². The van der Waals surface area contributed by atoms with Crippen LogP contribution in [0.25, 0.3) is 11.0 Å². The van der Waals surface area contributed by atoms with E-state index in [0.717, 1.165) is 16.9 Å². The molecule has 1 N–H and O–H groups in total. The lowest BCUT2D eigenvalue weighted by Gasteiger charge is -2.17. The van der Waals surface area contributed by atoms with Gasteiger partial charge >= 0.3 is 5.97 Å². The van der Waals surface area contributed by atoms with Gasteiger partial charge in [0.2, 0.25) is 0 Å². The summed E-state index contributed by atoms with van der Waals surface area (Å²) in [4.78, 5) is 15.8. The van der Waals surface area contributed by atoms with Gasteiger partial charge in [-0.3, -0.25) is 4.79 Å². The van der Waals surface area contributed by atoms with Crippen molar-refractivity contribution in [3.05, 3.63) is 30.1 Å². The second-order valence-electron chi connectivity index (χ2n) is 5.02. The molecular formula is C15H20N2O3. The fourth-order valence-corrected chi connectivity index (χ4v) is 2.30. The molecule has 1 aromatic carbocycles. The van der Waals surface area contributed by atoms with E-state index in [1.54, 1.807) is 14.0 Å². The Bertz CT molecular complexity index is 606. The first-order chi connectivity index (χ1) is 9.56. The summed E-state index contributed by atoms with van der Waals surface area (Å²) in [6, 6.07) is 7.84. The van der Waals surface area contributed by atoms with Gasteiger partial charge in [0, 0.05) is 19.6 Å². The van der Waals surface area contributed by atoms with Gasteiger partial charge in [0.05, 0.1) is 23.6 Å². The Kier molecular flexibility index (Phi) is 4.39. The second-order valence-corrected chi connectivity index (χ2v) is 5.02. The molecule has 108 valence electrons. The fraction of sp³-hybridized carbons (Fsp3) is 0.467. The van der Waals surface area contributed by atoms with Crippen molar-refractivity contribution >= 4 is 17.0 Å². The first-order valence-electron chi connectivity index (χ1n) is 6.73. The number of ether oxygens (including phenoxy) is 1. The number of aliphatic carboxylic acids is 1. The van der Waals surface area contributed by atoms with Crippen molar-refractivity contribution in [1.82, 2.24) is 9.55 Å². The highest BCUT2D eigenvalue weighted by Crippen LogP contribution is 2.27. The van der Waals surface area contributed by atoms with Crippen molar-refractivity contribution in [3.8, 4) is 0 Å². The fourth-order valence-electron chi connectivity index (χ4n) is 2.30. The molecule has 1 heterocycles. The van der Waals surface area contributed by atoms with Gasteiger partial charge in [-0.05, 0) is 12.1 Å². The number of rotatable bonds is 6. The molecule has 20 heavy (non-hydrogen) atoms. The van der Waals surface area contributed by atoms with Crippen LogP contribution in [0.15, 0.2) is 24.3 Å². The number of carboxylic acid groups (broad SMARTS) is 1. The Morgan fingerprint density at radius 3 is 2.75 bits per heavy atom. The largest absolute Gasteiger partial charge is 0.481 e. The third-order valence-electron chi connectivity index (χ3n) is 3.75. The van der Waals surface area contributed by atoms with Gasteiger partial charge in [-0.25, -0.2) is 4.98 Å². The van der Waals surface area contributed by atoms with E-state index in [1.165, 1.54) is 0 Å². The number of carboxylic acids is 1. The molecule has 2 unspecified atom stereocenters. The minimum Gasteiger partial charge on any atom is -0.481 e. The van der Waals surface area contributed by atoms with Crippen LogP contribution in [-0.2, 0) is 16.1 Å². The quantitative estimate of drug-likeness (QED) is 0.880. The Morgan fingerprint density at radius 1 is 1.40 bits per heavy atom.